The summed E-state index contributed by atoms with van der Waals surface area (Å²) in [7, 11) is -3.83. The van der Waals surface area contributed by atoms with Crippen LogP contribution in [-0.4, -0.2) is 23.9 Å². The Labute approximate surface area is 156 Å². The molecule has 2 heterocycles. The molecule has 0 saturated heterocycles. The van der Waals surface area contributed by atoms with Crippen LogP contribution in [-0.2, 0) is 21.1 Å². The van der Waals surface area contributed by atoms with Gasteiger partial charge in [0.25, 0.3) is 0 Å². The van der Waals surface area contributed by atoms with Crippen molar-refractivity contribution in [2.75, 3.05) is 0 Å². The van der Waals surface area contributed by atoms with Crippen molar-refractivity contribution in [1.82, 2.24) is 4.40 Å². The molecule has 0 unspecified atom stereocenters. The molecule has 1 N–H and O–H groups in total. The van der Waals surface area contributed by atoms with Crippen molar-refractivity contribution in [2.45, 2.75) is 23.3 Å². The molecule has 6 heteroatoms. The van der Waals surface area contributed by atoms with Gasteiger partial charge in [-0.1, -0.05) is 36.4 Å². The first-order chi connectivity index (χ1) is 12.9. The molecule has 0 radical (unpaired) electrons. The second-order valence-corrected chi connectivity index (χ2v) is 8.31. The lowest BCUT2D eigenvalue weighted by Gasteiger charge is -2.08. The Kier molecular flexibility index (Phi) is 4.00. The molecule has 2 aromatic carbocycles. The van der Waals surface area contributed by atoms with Gasteiger partial charge in [0.15, 0.2) is 0 Å². The molecule has 136 valence electrons. The monoisotopic (exact) mass is 379 g/mol. The molecule has 27 heavy (non-hydrogen) atoms. The number of hydrogen-bond acceptors (Lipinski definition) is 3. The molecular formula is C21H17NO4S. The number of carboxylic acids is 1. The summed E-state index contributed by atoms with van der Waals surface area (Å²) in [6.45, 7) is 1.67. The summed E-state index contributed by atoms with van der Waals surface area (Å²) in [6, 6.07) is 17.8. The topological polar surface area (TPSA) is 75.8 Å². The molecule has 0 aliphatic heterocycles. The van der Waals surface area contributed by atoms with Crippen LogP contribution < -0.4 is 0 Å². The average molecular weight is 379 g/mol. The van der Waals surface area contributed by atoms with Crippen molar-refractivity contribution >= 4 is 32.1 Å². The Morgan fingerprint density at radius 1 is 1.00 bits per heavy atom. The van der Waals surface area contributed by atoms with Crippen molar-refractivity contribution in [3.05, 3.63) is 78.0 Å². The minimum absolute atomic E-state index is 0.115. The van der Waals surface area contributed by atoms with Gasteiger partial charge in [-0.2, -0.15) is 0 Å². The van der Waals surface area contributed by atoms with E-state index in [9.17, 15) is 18.3 Å². The van der Waals surface area contributed by atoms with E-state index in [1.54, 1.807) is 53.9 Å². The number of hydrogen-bond donors (Lipinski definition) is 1. The van der Waals surface area contributed by atoms with E-state index in [-0.39, 0.29) is 16.3 Å². The summed E-state index contributed by atoms with van der Waals surface area (Å²) in [6.07, 6.45) is 1.42. The molecule has 2 aromatic heterocycles. The first-order valence-electron chi connectivity index (χ1n) is 8.44. The van der Waals surface area contributed by atoms with Crippen LogP contribution in [0.2, 0.25) is 0 Å². The largest absolute Gasteiger partial charge is 0.481 e. The fourth-order valence-corrected chi connectivity index (χ4v) is 5.22. The second kappa shape index (κ2) is 6.25. The molecule has 0 aliphatic carbocycles. The van der Waals surface area contributed by atoms with Crippen LogP contribution in [0.5, 0.6) is 0 Å². The zero-order chi connectivity index (χ0) is 19.2. The van der Waals surface area contributed by atoms with Gasteiger partial charge in [-0.25, -0.2) is 8.42 Å². The van der Waals surface area contributed by atoms with Gasteiger partial charge in [0.05, 0.1) is 16.8 Å². The number of aromatic nitrogens is 1. The molecule has 0 bridgehead atoms. The quantitative estimate of drug-likeness (QED) is 0.584. The summed E-state index contributed by atoms with van der Waals surface area (Å²) >= 11 is 0. The van der Waals surface area contributed by atoms with Crippen molar-refractivity contribution < 1.29 is 18.3 Å². The molecule has 0 atom stereocenters. The van der Waals surface area contributed by atoms with Crippen molar-refractivity contribution in [3.8, 4) is 0 Å². The van der Waals surface area contributed by atoms with Crippen molar-refractivity contribution in [3.63, 3.8) is 0 Å². The number of nitrogens with zero attached hydrogens (tertiary/aromatic N) is 1. The lowest BCUT2D eigenvalue weighted by Crippen LogP contribution is -2.07. The Bertz CT molecular complexity index is 1300. The fraction of sp³-hybridized carbons (Fsp3) is 0.0952. The number of fused-ring (bicyclic) bond motifs is 2. The van der Waals surface area contributed by atoms with Crippen LogP contribution in [0.3, 0.4) is 0 Å². The molecule has 0 amide bonds. The molecule has 5 nitrogen and oxygen atoms in total. The highest BCUT2D eigenvalue weighted by atomic mass is 32.2. The number of carbonyl (C=O) groups is 1. The lowest BCUT2D eigenvalue weighted by molar-refractivity contribution is -0.136. The van der Waals surface area contributed by atoms with E-state index in [1.165, 1.54) is 0 Å². The Morgan fingerprint density at radius 2 is 1.70 bits per heavy atom. The number of aliphatic carboxylic acids is 1. The normalized spacial score (nSPS) is 11.9. The van der Waals surface area contributed by atoms with Gasteiger partial charge in [0.1, 0.15) is 5.03 Å². The highest BCUT2D eigenvalue weighted by Gasteiger charge is 2.28. The Hall–Kier alpha value is -3.12. The molecule has 4 aromatic rings. The van der Waals surface area contributed by atoms with Crippen LogP contribution in [0.4, 0.5) is 0 Å². The van der Waals surface area contributed by atoms with Crippen LogP contribution in [0.25, 0.3) is 16.3 Å². The number of carboxylic acid groups (broad SMARTS) is 1. The summed E-state index contributed by atoms with van der Waals surface area (Å²) in [5, 5.41) is 11.1. The average Bonchev–Trinajstić information content (AvgIpc) is 2.93. The third-order valence-corrected chi connectivity index (χ3v) is 6.66. The van der Waals surface area contributed by atoms with E-state index >= 15 is 0 Å². The fourth-order valence-electron chi connectivity index (χ4n) is 3.52. The van der Waals surface area contributed by atoms with Gasteiger partial charge in [0.2, 0.25) is 9.84 Å². The predicted octanol–water partition coefficient (Wildman–Crippen LogP) is 3.86. The molecular weight excluding hydrogens is 362 g/mol. The highest BCUT2D eigenvalue weighted by Crippen LogP contribution is 2.32. The van der Waals surface area contributed by atoms with Crippen LogP contribution in [0.1, 0.15) is 11.1 Å². The Balaban J connectivity index is 1.99. The second-order valence-electron chi connectivity index (χ2n) is 6.45. The first kappa shape index (κ1) is 17.3. The van der Waals surface area contributed by atoms with Crippen LogP contribution >= 0.6 is 0 Å². The van der Waals surface area contributed by atoms with Crippen molar-refractivity contribution in [1.29, 1.82) is 0 Å². The van der Waals surface area contributed by atoms with Gasteiger partial charge in [-0.3, -0.25) is 4.79 Å². The minimum Gasteiger partial charge on any atom is -0.481 e. The third kappa shape index (κ3) is 2.78. The van der Waals surface area contributed by atoms with Crippen LogP contribution in [0.15, 0.2) is 76.8 Å². The number of benzene rings is 2. The maximum Gasteiger partial charge on any atom is 0.307 e. The molecule has 0 aliphatic rings. The SMILES string of the molecule is Cc1c(CC(=O)O)c2ccccn2c1S(=O)(=O)c1ccc2ccccc2c1. The number of pyridine rings is 1. The summed E-state index contributed by atoms with van der Waals surface area (Å²) in [4.78, 5) is 11.5. The number of rotatable bonds is 4. The first-order valence-corrected chi connectivity index (χ1v) is 9.92. The van der Waals surface area contributed by atoms with Gasteiger partial charge in [0, 0.05) is 6.20 Å². The van der Waals surface area contributed by atoms with E-state index in [0.717, 1.165) is 10.8 Å². The number of sulfone groups is 1. The van der Waals surface area contributed by atoms with Crippen molar-refractivity contribution in [2.24, 2.45) is 0 Å². The lowest BCUT2D eigenvalue weighted by atomic mass is 10.1. The zero-order valence-corrected chi connectivity index (χ0v) is 15.4. The third-order valence-electron chi connectivity index (χ3n) is 4.78. The standard InChI is InChI=1S/C21H17NO4S/c1-14-18(13-20(23)24)19-8-4-5-11-22(19)21(14)27(25,26)17-10-9-15-6-2-3-7-16(15)12-17/h2-12H,13H2,1H3,(H,23,24). The summed E-state index contributed by atoms with van der Waals surface area (Å²) < 4.78 is 28.5. The maximum atomic E-state index is 13.4. The summed E-state index contributed by atoms with van der Waals surface area (Å²) in [5.74, 6) is -0.996. The van der Waals surface area contributed by atoms with E-state index in [2.05, 4.69) is 0 Å². The van der Waals surface area contributed by atoms with Gasteiger partial charge < -0.3 is 9.51 Å². The van der Waals surface area contributed by atoms with Crippen LogP contribution in [0, 0.1) is 6.92 Å². The highest BCUT2D eigenvalue weighted by molar-refractivity contribution is 7.91. The smallest absolute Gasteiger partial charge is 0.307 e. The van der Waals surface area contributed by atoms with E-state index in [4.69, 9.17) is 0 Å². The van der Waals surface area contributed by atoms with Gasteiger partial charge in [-0.15, -0.1) is 0 Å². The minimum atomic E-state index is -3.83. The van der Waals surface area contributed by atoms with Gasteiger partial charge >= 0.3 is 5.97 Å². The maximum absolute atomic E-state index is 13.4. The van der Waals surface area contributed by atoms with E-state index < -0.39 is 15.8 Å². The van der Waals surface area contributed by atoms with E-state index in [1.807, 2.05) is 24.3 Å². The van der Waals surface area contributed by atoms with Gasteiger partial charge in [-0.05, 0) is 53.1 Å². The molecule has 4 rings (SSSR count). The zero-order valence-electron chi connectivity index (χ0n) is 14.6. The molecule has 0 saturated carbocycles. The molecule has 0 fully saturated rings. The predicted molar refractivity (Wildman–Crippen MR) is 103 cm³/mol. The molecule has 0 spiro atoms. The van der Waals surface area contributed by atoms with E-state index in [0.29, 0.717) is 16.6 Å². The Morgan fingerprint density at radius 3 is 2.44 bits per heavy atom. The summed E-state index contributed by atoms with van der Waals surface area (Å²) in [5.41, 5.74) is 1.58.